The molecule has 2 nitrogen and oxygen atoms in total. The molecule has 0 N–H and O–H groups in total. The van der Waals surface area contributed by atoms with E-state index in [0.717, 1.165) is 47.4 Å². The molecular weight excluding hydrogens is 369 g/mol. The number of unbranched alkanes of at least 4 members (excludes halogenated alkanes) is 2. The molecule has 0 spiro atoms. The first kappa shape index (κ1) is 21.6. The molecule has 1 aliphatic heterocycles. The van der Waals surface area contributed by atoms with Crippen LogP contribution in [-0.4, -0.2) is 38.3 Å². The van der Waals surface area contributed by atoms with Gasteiger partial charge in [0, 0.05) is 16.3 Å². The SMILES string of the molecule is C=CC(=CC1=C(C)Sc2ccccc2N1CCCCCN(C)C)C(F)(F)F. The standard InChI is InChI=1S/C21H27F3N2S/c1-5-17(21(22,23)24)15-19-16(2)27-20-12-8-7-11-18(20)26(19)14-10-6-9-13-25(3)4/h5,7-8,11-12,15H,1,6,9-10,13-14H2,2-4H3. The van der Waals surface area contributed by atoms with Crippen molar-refractivity contribution in [3.8, 4) is 0 Å². The maximum absolute atomic E-state index is 13.3. The van der Waals surface area contributed by atoms with Gasteiger partial charge in [-0.15, -0.1) is 0 Å². The van der Waals surface area contributed by atoms with Gasteiger partial charge in [-0.05, 0) is 58.6 Å². The molecule has 0 aromatic heterocycles. The van der Waals surface area contributed by atoms with Crippen molar-refractivity contribution in [2.75, 3.05) is 32.1 Å². The topological polar surface area (TPSA) is 6.48 Å². The highest BCUT2D eigenvalue weighted by Gasteiger charge is 2.33. The third kappa shape index (κ3) is 5.91. The smallest absolute Gasteiger partial charge is 0.340 e. The fraction of sp³-hybridized carbons (Fsp3) is 0.429. The van der Waals surface area contributed by atoms with E-state index < -0.39 is 11.7 Å². The molecular formula is C21H27F3N2S. The highest BCUT2D eigenvalue weighted by atomic mass is 32.2. The number of halogens is 3. The van der Waals surface area contributed by atoms with Crippen molar-refractivity contribution in [2.45, 2.75) is 37.3 Å². The molecule has 1 aromatic carbocycles. The molecule has 0 atom stereocenters. The van der Waals surface area contributed by atoms with Gasteiger partial charge in [-0.3, -0.25) is 0 Å². The molecule has 0 unspecified atom stereocenters. The summed E-state index contributed by atoms with van der Waals surface area (Å²) in [6, 6.07) is 7.88. The molecule has 0 radical (unpaired) electrons. The minimum absolute atomic E-state index is 0.610. The van der Waals surface area contributed by atoms with Crippen LogP contribution in [0.4, 0.5) is 18.9 Å². The van der Waals surface area contributed by atoms with Crippen LogP contribution < -0.4 is 4.90 Å². The Morgan fingerprint density at radius 1 is 1.19 bits per heavy atom. The van der Waals surface area contributed by atoms with Crippen molar-refractivity contribution >= 4 is 17.4 Å². The number of hydrogen-bond donors (Lipinski definition) is 0. The summed E-state index contributed by atoms with van der Waals surface area (Å²) < 4.78 is 39.8. The minimum Gasteiger partial charge on any atom is -0.340 e. The molecule has 0 fully saturated rings. The minimum atomic E-state index is -4.41. The molecule has 1 aliphatic rings. The third-order valence-corrected chi connectivity index (χ3v) is 5.48. The summed E-state index contributed by atoms with van der Waals surface area (Å²) in [5.74, 6) is 0. The highest BCUT2D eigenvalue weighted by Crippen LogP contribution is 2.44. The summed E-state index contributed by atoms with van der Waals surface area (Å²) in [7, 11) is 4.09. The van der Waals surface area contributed by atoms with Gasteiger partial charge in [0.15, 0.2) is 0 Å². The van der Waals surface area contributed by atoms with Crippen LogP contribution in [0.3, 0.4) is 0 Å². The first-order valence-electron chi connectivity index (χ1n) is 9.05. The van der Waals surface area contributed by atoms with E-state index >= 15 is 0 Å². The Morgan fingerprint density at radius 3 is 2.52 bits per heavy atom. The van der Waals surface area contributed by atoms with Gasteiger partial charge in [0.1, 0.15) is 0 Å². The monoisotopic (exact) mass is 396 g/mol. The number of fused-ring (bicyclic) bond motifs is 1. The quantitative estimate of drug-likeness (QED) is 0.379. The van der Waals surface area contributed by atoms with Crippen LogP contribution in [0, 0.1) is 0 Å². The van der Waals surface area contributed by atoms with Gasteiger partial charge in [0.25, 0.3) is 0 Å². The molecule has 1 heterocycles. The Morgan fingerprint density at radius 2 is 1.89 bits per heavy atom. The summed E-state index contributed by atoms with van der Waals surface area (Å²) >= 11 is 1.52. The van der Waals surface area contributed by atoms with Gasteiger partial charge in [0.2, 0.25) is 0 Å². The molecule has 0 aliphatic carbocycles. The zero-order valence-corrected chi connectivity index (χ0v) is 17.0. The van der Waals surface area contributed by atoms with E-state index in [4.69, 9.17) is 0 Å². The van der Waals surface area contributed by atoms with Gasteiger partial charge in [-0.1, -0.05) is 43.0 Å². The normalized spacial score (nSPS) is 15.4. The van der Waals surface area contributed by atoms with E-state index in [1.54, 1.807) is 0 Å². The van der Waals surface area contributed by atoms with E-state index in [-0.39, 0.29) is 0 Å². The van der Waals surface area contributed by atoms with Crippen LogP contribution in [0.2, 0.25) is 0 Å². The lowest BCUT2D eigenvalue weighted by Gasteiger charge is -2.33. The summed E-state index contributed by atoms with van der Waals surface area (Å²) in [6.07, 6.45) is 0.742. The molecule has 0 amide bonds. The van der Waals surface area contributed by atoms with E-state index in [1.807, 2.05) is 50.2 Å². The van der Waals surface area contributed by atoms with Crippen molar-refractivity contribution in [3.63, 3.8) is 0 Å². The van der Waals surface area contributed by atoms with Crippen LogP contribution in [0.1, 0.15) is 26.2 Å². The molecule has 148 valence electrons. The molecule has 6 heteroatoms. The molecule has 0 saturated carbocycles. The van der Waals surface area contributed by atoms with Crippen LogP contribution in [0.15, 0.2) is 64.1 Å². The van der Waals surface area contributed by atoms with Crippen molar-refractivity contribution in [1.29, 1.82) is 0 Å². The largest absolute Gasteiger partial charge is 0.416 e. The first-order chi connectivity index (χ1) is 12.7. The van der Waals surface area contributed by atoms with Crippen molar-refractivity contribution in [1.82, 2.24) is 4.90 Å². The number of hydrogen-bond acceptors (Lipinski definition) is 3. The average Bonchev–Trinajstić information content (AvgIpc) is 2.59. The number of thioether (sulfide) groups is 1. The fourth-order valence-electron chi connectivity index (χ4n) is 3.00. The Labute approximate surface area is 164 Å². The first-order valence-corrected chi connectivity index (χ1v) is 9.87. The van der Waals surface area contributed by atoms with Crippen LogP contribution in [0.25, 0.3) is 0 Å². The van der Waals surface area contributed by atoms with Crippen molar-refractivity contribution < 1.29 is 13.2 Å². The summed E-state index contributed by atoms with van der Waals surface area (Å²) in [5.41, 5.74) is 0.866. The number of nitrogens with zero attached hydrogens (tertiary/aromatic N) is 2. The highest BCUT2D eigenvalue weighted by molar-refractivity contribution is 8.03. The number of allylic oxidation sites excluding steroid dienone is 4. The zero-order valence-electron chi connectivity index (χ0n) is 16.1. The maximum atomic E-state index is 13.3. The Bertz CT molecular complexity index is 720. The Hall–Kier alpha value is -1.66. The number of alkyl halides is 3. The third-order valence-electron chi connectivity index (χ3n) is 4.40. The summed E-state index contributed by atoms with van der Waals surface area (Å²) in [6.45, 7) is 6.93. The number of benzene rings is 1. The van der Waals surface area contributed by atoms with E-state index in [9.17, 15) is 13.2 Å². The van der Waals surface area contributed by atoms with Gasteiger partial charge in [-0.25, -0.2) is 0 Å². The van der Waals surface area contributed by atoms with E-state index in [2.05, 4.69) is 11.5 Å². The van der Waals surface area contributed by atoms with Gasteiger partial charge in [-0.2, -0.15) is 13.2 Å². The Balaban J connectivity index is 2.28. The maximum Gasteiger partial charge on any atom is 0.416 e. The number of para-hydroxylation sites is 1. The van der Waals surface area contributed by atoms with Gasteiger partial charge in [0.05, 0.1) is 17.0 Å². The van der Waals surface area contributed by atoms with Gasteiger partial charge < -0.3 is 9.80 Å². The number of rotatable bonds is 8. The second kappa shape index (κ2) is 9.51. The lowest BCUT2D eigenvalue weighted by molar-refractivity contribution is -0.0882. The second-order valence-corrected chi connectivity index (χ2v) is 8.08. The van der Waals surface area contributed by atoms with E-state index in [0.29, 0.717) is 12.2 Å². The number of anilines is 1. The van der Waals surface area contributed by atoms with Crippen LogP contribution in [0.5, 0.6) is 0 Å². The van der Waals surface area contributed by atoms with Crippen molar-refractivity contribution in [3.05, 3.63) is 59.2 Å². The van der Waals surface area contributed by atoms with Crippen LogP contribution in [-0.2, 0) is 0 Å². The van der Waals surface area contributed by atoms with Crippen molar-refractivity contribution in [2.24, 2.45) is 0 Å². The lowest BCUT2D eigenvalue weighted by Crippen LogP contribution is -2.27. The Kier molecular flexibility index (Phi) is 7.62. The molecule has 0 saturated heterocycles. The molecule has 2 rings (SSSR count). The fourth-order valence-corrected chi connectivity index (χ4v) is 4.04. The summed E-state index contributed by atoms with van der Waals surface area (Å²) in [4.78, 5) is 6.11. The molecule has 27 heavy (non-hydrogen) atoms. The lowest BCUT2D eigenvalue weighted by atomic mass is 10.1. The summed E-state index contributed by atoms with van der Waals surface area (Å²) in [5, 5.41) is 0. The van der Waals surface area contributed by atoms with Crippen LogP contribution >= 0.6 is 11.8 Å². The van der Waals surface area contributed by atoms with E-state index in [1.165, 1.54) is 17.8 Å². The zero-order chi connectivity index (χ0) is 20.0. The molecule has 0 bridgehead atoms. The molecule has 1 aromatic rings. The predicted molar refractivity (Wildman–Crippen MR) is 109 cm³/mol. The average molecular weight is 397 g/mol. The second-order valence-electron chi connectivity index (χ2n) is 6.83. The predicted octanol–water partition coefficient (Wildman–Crippen LogP) is 6.24. The van der Waals surface area contributed by atoms with Gasteiger partial charge >= 0.3 is 6.18 Å².